The number of ether oxygens (including phenoxy) is 1. The maximum absolute atomic E-state index is 12.5. The number of fused-ring (bicyclic) bond motifs is 1. The van der Waals surface area contributed by atoms with E-state index in [2.05, 4.69) is 4.98 Å². The third kappa shape index (κ3) is 3.43. The summed E-state index contributed by atoms with van der Waals surface area (Å²) in [5.74, 6) is -1.13. The lowest BCUT2D eigenvalue weighted by molar-refractivity contribution is -0.157. The number of rotatable bonds is 4. The lowest BCUT2D eigenvalue weighted by Gasteiger charge is -2.26. The van der Waals surface area contributed by atoms with Gasteiger partial charge in [-0.15, -0.1) is 0 Å². The first-order valence-corrected chi connectivity index (χ1v) is 6.99. The van der Waals surface area contributed by atoms with Crippen LogP contribution in [-0.2, 0) is 9.53 Å². The molecule has 0 fully saturated rings. The number of nitrogens with one attached hydrogen (secondary N) is 1. The highest BCUT2D eigenvalue weighted by atomic mass is 16.6. The Morgan fingerprint density at radius 2 is 2.05 bits per heavy atom. The summed E-state index contributed by atoms with van der Waals surface area (Å²) >= 11 is 0. The number of aromatic amines is 1. The molecule has 2 aromatic rings. The second kappa shape index (κ2) is 5.87. The van der Waals surface area contributed by atoms with E-state index in [4.69, 9.17) is 10.5 Å². The number of nitrogens with two attached hydrogens (primary N) is 1. The highest BCUT2D eigenvalue weighted by Gasteiger charge is 2.33. The minimum Gasteiger partial charge on any atom is -0.459 e. The minimum absolute atomic E-state index is 0.288. The molecule has 1 aromatic heterocycles. The Labute approximate surface area is 124 Å². The number of hydrogen-bond acceptors (Lipinski definition) is 4. The third-order valence-electron chi connectivity index (χ3n) is 3.26. The number of para-hydroxylation sites is 1. The standard InChI is InChI=1S/C16H22N2O3/c1-16(2,3)21-15(20)14(12(17)9-19)11-8-18-13-7-5-4-6-10(11)13/h4-8,12,14,18-19H,9,17H2,1-3H3/t12-,14?/m1/s1. The fraction of sp³-hybridized carbons (Fsp3) is 0.438. The molecule has 1 heterocycles. The first kappa shape index (κ1) is 15.5. The summed E-state index contributed by atoms with van der Waals surface area (Å²) in [7, 11) is 0. The SMILES string of the molecule is CC(C)(C)OC(=O)C(c1c[nH]c2ccccc12)[C@H](N)CO. The van der Waals surface area contributed by atoms with Crippen molar-refractivity contribution in [3.05, 3.63) is 36.0 Å². The second-order valence-electron chi connectivity index (χ2n) is 6.15. The number of carbonyl (C=O) groups is 1. The Hall–Kier alpha value is -1.85. The molecule has 1 unspecified atom stereocenters. The Morgan fingerprint density at radius 1 is 1.38 bits per heavy atom. The van der Waals surface area contributed by atoms with E-state index in [-0.39, 0.29) is 6.61 Å². The molecule has 0 aliphatic rings. The van der Waals surface area contributed by atoms with Gasteiger partial charge in [-0.3, -0.25) is 4.79 Å². The number of H-pyrrole nitrogens is 1. The Morgan fingerprint density at radius 3 is 2.67 bits per heavy atom. The Balaban J connectivity index is 2.43. The summed E-state index contributed by atoms with van der Waals surface area (Å²) < 4.78 is 5.45. The van der Waals surface area contributed by atoms with Gasteiger partial charge in [-0.2, -0.15) is 0 Å². The highest BCUT2D eigenvalue weighted by Crippen LogP contribution is 2.29. The van der Waals surface area contributed by atoms with Crippen LogP contribution in [0, 0.1) is 0 Å². The number of hydrogen-bond donors (Lipinski definition) is 3. The first-order valence-electron chi connectivity index (χ1n) is 6.99. The van der Waals surface area contributed by atoms with Crippen LogP contribution in [0.25, 0.3) is 10.9 Å². The first-order chi connectivity index (χ1) is 9.83. The molecular weight excluding hydrogens is 268 g/mol. The topological polar surface area (TPSA) is 88.3 Å². The lowest BCUT2D eigenvalue weighted by atomic mass is 9.91. The van der Waals surface area contributed by atoms with Gasteiger partial charge in [-0.1, -0.05) is 18.2 Å². The minimum atomic E-state index is -0.709. The van der Waals surface area contributed by atoms with Crippen molar-refractivity contribution in [3.8, 4) is 0 Å². The Kier molecular flexibility index (Phi) is 4.34. The number of aliphatic hydroxyl groups is 1. The van der Waals surface area contributed by atoms with Crippen LogP contribution in [0.5, 0.6) is 0 Å². The van der Waals surface area contributed by atoms with Gasteiger partial charge in [0.15, 0.2) is 0 Å². The van der Waals surface area contributed by atoms with Crippen molar-refractivity contribution in [1.29, 1.82) is 0 Å². The number of carbonyl (C=O) groups excluding carboxylic acids is 1. The van der Waals surface area contributed by atoms with E-state index < -0.39 is 23.5 Å². The van der Waals surface area contributed by atoms with E-state index in [1.807, 2.05) is 45.0 Å². The molecule has 5 heteroatoms. The molecule has 114 valence electrons. The molecular formula is C16H22N2O3. The van der Waals surface area contributed by atoms with E-state index in [0.717, 1.165) is 16.5 Å². The number of aromatic nitrogens is 1. The van der Waals surface area contributed by atoms with Crippen LogP contribution in [-0.4, -0.2) is 34.3 Å². The van der Waals surface area contributed by atoms with Gasteiger partial charge in [-0.05, 0) is 32.4 Å². The van der Waals surface area contributed by atoms with Crippen molar-refractivity contribution in [1.82, 2.24) is 4.98 Å². The zero-order valence-electron chi connectivity index (χ0n) is 12.6. The average Bonchev–Trinajstić information content (AvgIpc) is 2.81. The molecule has 0 spiro atoms. The molecule has 2 rings (SSSR count). The Bertz CT molecular complexity index is 628. The molecule has 1 aromatic carbocycles. The van der Waals surface area contributed by atoms with Crippen LogP contribution in [0.4, 0.5) is 0 Å². The van der Waals surface area contributed by atoms with Crippen molar-refractivity contribution < 1.29 is 14.6 Å². The summed E-state index contributed by atoms with van der Waals surface area (Å²) in [6.07, 6.45) is 1.76. The molecule has 0 aliphatic carbocycles. The predicted molar refractivity (Wildman–Crippen MR) is 81.9 cm³/mol. The summed E-state index contributed by atoms with van der Waals surface area (Å²) in [5.41, 5.74) is 7.03. The van der Waals surface area contributed by atoms with Gasteiger partial charge in [0, 0.05) is 23.1 Å². The van der Waals surface area contributed by atoms with Crippen molar-refractivity contribution in [2.75, 3.05) is 6.61 Å². The van der Waals surface area contributed by atoms with E-state index >= 15 is 0 Å². The molecule has 0 bridgehead atoms. The number of esters is 1. The molecule has 0 saturated heterocycles. The van der Waals surface area contributed by atoms with Crippen molar-refractivity contribution in [3.63, 3.8) is 0 Å². The molecule has 0 saturated carbocycles. The molecule has 0 amide bonds. The monoisotopic (exact) mass is 290 g/mol. The quantitative estimate of drug-likeness (QED) is 0.751. The molecule has 0 aliphatic heterocycles. The van der Waals surface area contributed by atoms with Crippen molar-refractivity contribution >= 4 is 16.9 Å². The largest absolute Gasteiger partial charge is 0.459 e. The molecule has 4 N–H and O–H groups in total. The van der Waals surface area contributed by atoms with Gasteiger partial charge in [-0.25, -0.2) is 0 Å². The average molecular weight is 290 g/mol. The summed E-state index contributed by atoms with van der Waals surface area (Å²) in [6, 6.07) is 6.95. The number of benzene rings is 1. The summed E-state index contributed by atoms with van der Waals surface area (Å²) in [6.45, 7) is 5.13. The van der Waals surface area contributed by atoms with Gasteiger partial charge < -0.3 is 20.6 Å². The molecule has 2 atom stereocenters. The van der Waals surface area contributed by atoms with E-state index in [9.17, 15) is 9.90 Å². The second-order valence-corrected chi connectivity index (χ2v) is 6.15. The lowest BCUT2D eigenvalue weighted by Crippen LogP contribution is -2.40. The van der Waals surface area contributed by atoms with Gasteiger partial charge in [0.1, 0.15) is 11.5 Å². The van der Waals surface area contributed by atoms with Crippen LogP contribution in [0.2, 0.25) is 0 Å². The van der Waals surface area contributed by atoms with Gasteiger partial charge >= 0.3 is 5.97 Å². The van der Waals surface area contributed by atoms with Crippen LogP contribution < -0.4 is 5.73 Å². The third-order valence-corrected chi connectivity index (χ3v) is 3.26. The van der Waals surface area contributed by atoms with E-state index in [1.165, 1.54) is 0 Å². The molecule has 5 nitrogen and oxygen atoms in total. The van der Waals surface area contributed by atoms with Gasteiger partial charge in [0.2, 0.25) is 0 Å². The molecule has 0 radical (unpaired) electrons. The highest BCUT2D eigenvalue weighted by molar-refractivity contribution is 5.90. The number of aliphatic hydroxyl groups excluding tert-OH is 1. The predicted octanol–water partition coefficient (Wildman–Crippen LogP) is 1.91. The van der Waals surface area contributed by atoms with Crippen LogP contribution >= 0.6 is 0 Å². The normalized spacial score (nSPS) is 14.9. The van der Waals surface area contributed by atoms with Crippen molar-refractivity contribution in [2.45, 2.75) is 38.3 Å². The summed E-state index contributed by atoms with van der Waals surface area (Å²) in [4.78, 5) is 15.6. The van der Waals surface area contributed by atoms with Crippen molar-refractivity contribution in [2.24, 2.45) is 5.73 Å². The van der Waals surface area contributed by atoms with Crippen LogP contribution in [0.3, 0.4) is 0 Å². The maximum atomic E-state index is 12.5. The van der Waals surface area contributed by atoms with Gasteiger partial charge in [0.05, 0.1) is 6.61 Å². The fourth-order valence-corrected chi connectivity index (χ4v) is 2.35. The summed E-state index contributed by atoms with van der Waals surface area (Å²) in [5, 5.41) is 10.3. The van der Waals surface area contributed by atoms with E-state index in [1.54, 1.807) is 6.20 Å². The maximum Gasteiger partial charge on any atom is 0.315 e. The fourth-order valence-electron chi connectivity index (χ4n) is 2.35. The smallest absolute Gasteiger partial charge is 0.315 e. The molecule has 21 heavy (non-hydrogen) atoms. The zero-order valence-corrected chi connectivity index (χ0v) is 12.6. The zero-order chi connectivity index (χ0) is 15.6. The van der Waals surface area contributed by atoms with Gasteiger partial charge in [0.25, 0.3) is 0 Å². The van der Waals surface area contributed by atoms with Crippen LogP contribution in [0.15, 0.2) is 30.5 Å². The van der Waals surface area contributed by atoms with Crippen LogP contribution in [0.1, 0.15) is 32.3 Å². The van der Waals surface area contributed by atoms with E-state index in [0.29, 0.717) is 0 Å².